The molecule has 1 amide bonds. The molecule has 33 heavy (non-hydrogen) atoms. The van der Waals surface area contributed by atoms with Gasteiger partial charge in [-0.2, -0.15) is 0 Å². The number of hydrogen-bond donors (Lipinski definition) is 1. The van der Waals surface area contributed by atoms with Crippen molar-refractivity contribution in [3.63, 3.8) is 0 Å². The van der Waals surface area contributed by atoms with E-state index < -0.39 is 0 Å². The van der Waals surface area contributed by atoms with E-state index in [9.17, 15) is 9.59 Å². The first-order chi connectivity index (χ1) is 15.9. The fourth-order valence-electron chi connectivity index (χ4n) is 4.07. The number of carbonyl (C=O) groups excluding carboxylic acids is 2. The Kier molecular flexibility index (Phi) is 6.52. The fourth-order valence-corrected chi connectivity index (χ4v) is 4.20. The summed E-state index contributed by atoms with van der Waals surface area (Å²) in [4.78, 5) is 26.4. The van der Waals surface area contributed by atoms with Crippen LogP contribution in [0.4, 0.5) is 0 Å². The van der Waals surface area contributed by atoms with E-state index in [-0.39, 0.29) is 24.3 Å². The van der Waals surface area contributed by atoms with E-state index in [1.54, 1.807) is 35.9 Å². The Morgan fingerprint density at radius 3 is 2.39 bits per heavy atom. The molecule has 0 aliphatic carbocycles. The maximum atomic E-state index is 13.4. The van der Waals surface area contributed by atoms with E-state index in [1.165, 1.54) is 0 Å². The van der Waals surface area contributed by atoms with Crippen LogP contribution < -0.4 is 10.1 Å². The smallest absolute Gasteiger partial charge is 0.262 e. The SMILES string of the molecule is COc1ccc2c(c1)c(CC(=O)NC(C)c1ccccc1)c(C)n2C(=O)c1ccc(Cl)cc1. The summed E-state index contributed by atoms with van der Waals surface area (Å²) >= 11 is 5.99. The predicted octanol–water partition coefficient (Wildman–Crippen LogP) is 5.72. The highest BCUT2D eigenvalue weighted by Crippen LogP contribution is 2.31. The van der Waals surface area contributed by atoms with Crippen molar-refractivity contribution in [2.45, 2.75) is 26.3 Å². The molecule has 1 atom stereocenters. The quantitative estimate of drug-likeness (QED) is 0.400. The summed E-state index contributed by atoms with van der Waals surface area (Å²) < 4.78 is 7.06. The molecule has 4 aromatic rings. The third-order valence-corrected chi connectivity index (χ3v) is 6.10. The molecule has 0 radical (unpaired) electrons. The molecule has 0 aliphatic heterocycles. The van der Waals surface area contributed by atoms with Crippen LogP contribution in [0.15, 0.2) is 72.8 Å². The van der Waals surface area contributed by atoms with Gasteiger partial charge >= 0.3 is 0 Å². The Morgan fingerprint density at radius 1 is 1.03 bits per heavy atom. The molecule has 4 rings (SSSR count). The predicted molar refractivity (Wildman–Crippen MR) is 131 cm³/mol. The minimum absolute atomic E-state index is 0.115. The molecular weight excluding hydrogens is 436 g/mol. The Hall–Kier alpha value is -3.57. The maximum Gasteiger partial charge on any atom is 0.262 e. The number of amides is 1. The highest BCUT2D eigenvalue weighted by Gasteiger charge is 2.22. The van der Waals surface area contributed by atoms with Gasteiger partial charge in [0.1, 0.15) is 5.75 Å². The summed E-state index contributed by atoms with van der Waals surface area (Å²) in [6.45, 7) is 3.82. The van der Waals surface area contributed by atoms with Crippen LogP contribution in [0.3, 0.4) is 0 Å². The maximum absolute atomic E-state index is 13.4. The first-order valence-electron chi connectivity index (χ1n) is 10.7. The first kappa shape index (κ1) is 22.6. The van der Waals surface area contributed by atoms with Gasteiger partial charge < -0.3 is 10.1 Å². The van der Waals surface area contributed by atoms with Crippen LogP contribution in [0, 0.1) is 6.92 Å². The number of fused-ring (bicyclic) bond motifs is 1. The van der Waals surface area contributed by atoms with Crippen molar-refractivity contribution in [2.75, 3.05) is 7.11 Å². The van der Waals surface area contributed by atoms with Crippen molar-refractivity contribution in [2.24, 2.45) is 0 Å². The van der Waals surface area contributed by atoms with Crippen molar-refractivity contribution in [3.05, 3.63) is 100 Å². The second-order valence-corrected chi connectivity index (χ2v) is 8.41. The Balaban J connectivity index is 1.71. The van der Waals surface area contributed by atoms with Crippen LogP contribution >= 0.6 is 11.6 Å². The standard InChI is InChI=1S/C27H25ClN2O3/c1-17(19-7-5-4-6-8-19)29-26(31)16-23-18(2)30(25-14-13-22(33-3)15-24(23)25)27(32)20-9-11-21(28)12-10-20/h4-15,17H,16H2,1-3H3,(H,29,31). The number of halogens is 1. The number of benzene rings is 3. The highest BCUT2D eigenvalue weighted by atomic mass is 35.5. The number of ether oxygens (including phenoxy) is 1. The van der Waals surface area contributed by atoms with Crippen LogP contribution in [0.5, 0.6) is 5.75 Å². The zero-order chi connectivity index (χ0) is 23.5. The lowest BCUT2D eigenvalue weighted by atomic mass is 10.1. The molecule has 0 aliphatic rings. The van der Waals surface area contributed by atoms with Gasteiger partial charge in [-0.1, -0.05) is 41.9 Å². The molecule has 1 unspecified atom stereocenters. The molecule has 0 bridgehead atoms. The van der Waals surface area contributed by atoms with Crippen molar-refractivity contribution in [1.29, 1.82) is 0 Å². The third-order valence-electron chi connectivity index (χ3n) is 5.85. The van der Waals surface area contributed by atoms with Crippen molar-refractivity contribution in [3.8, 4) is 5.75 Å². The second kappa shape index (κ2) is 9.51. The Bertz CT molecular complexity index is 1310. The molecular formula is C27H25ClN2O3. The van der Waals surface area contributed by atoms with Crippen LogP contribution in [-0.2, 0) is 11.2 Å². The molecule has 5 nitrogen and oxygen atoms in total. The topological polar surface area (TPSA) is 60.3 Å². The van der Waals surface area contributed by atoms with Gasteiger partial charge in [0.25, 0.3) is 5.91 Å². The van der Waals surface area contributed by atoms with Gasteiger partial charge in [-0.15, -0.1) is 0 Å². The van der Waals surface area contributed by atoms with E-state index in [0.29, 0.717) is 16.3 Å². The van der Waals surface area contributed by atoms with E-state index in [2.05, 4.69) is 5.32 Å². The van der Waals surface area contributed by atoms with E-state index in [0.717, 1.165) is 27.7 Å². The minimum atomic E-state index is -0.177. The normalized spacial score (nSPS) is 11.9. The zero-order valence-electron chi connectivity index (χ0n) is 18.8. The van der Waals surface area contributed by atoms with E-state index in [4.69, 9.17) is 16.3 Å². The summed E-state index contributed by atoms with van der Waals surface area (Å²) in [5.41, 5.74) is 3.80. The molecule has 0 saturated heterocycles. The van der Waals surface area contributed by atoms with E-state index in [1.807, 2.05) is 62.4 Å². The fraction of sp³-hybridized carbons (Fsp3) is 0.185. The molecule has 3 aromatic carbocycles. The summed E-state index contributed by atoms with van der Waals surface area (Å²) in [5, 5.41) is 4.44. The van der Waals surface area contributed by atoms with Crippen LogP contribution in [0.2, 0.25) is 5.02 Å². The number of rotatable bonds is 6. The molecule has 0 spiro atoms. The molecule has 1 N–H and O–H groups in total. The van der Waals surface area contributed by atoms with Crippen LogP contribution in [-0.4, -0.2) is 23.5 Å². The zero-order valence-corrected chi connectivity index (χ0v) is 19.5. The lowest BCUT2D eigenvalue weighted by Crippen LogP contribution is -2.28. The number of hydrogen-bond acceptors (Lipinski definition) is 3. The molecule has 168 valence electrons. The number of carbonyl (C=O) groups is 2. The van der Waals surface area contributed by atoms with Gasteiger partial charge in [-0.3, -0.25) is 14.2 Å². The van der Waals surface area contributed by atoms with E-state index >= 15 is 0 Å². The summed E-state index contributed by atoms with van der Waals surface area (Å²) in [7, 11) is 1.60. The van der Waals surface area contributed by atoms with Gasteiger partial charge in [0.2, 0.25) is 5.91 Å². The Labute approximate surface area is 197 Å². The average Bonchev–Trinajstić information content (AvgIpc) is 3.10. The molecule has 0 fully saturated rings. The molecule has 6 heteroatoms. The second-order valence-electron chi connectivity index (χ2n) is 7.97. The van der Waals surface area contributed by atoms with Gasteiger partial charge in [0, 0.05) is 21.7 Å². The monoisotopic (exact) mass is 460 g/mol. The highest BCUT2D eigenvalue weighted by molar-refractivity contribution is 6.30. The van der Waals surface area contributed by atoms with Gasteiger partial charge in [-0.05, 0) is 67.4 Å². The number of aromatic nitrogens is 1. The lowest BCUT2D eigenvalue weighted by molar-refractivity contribution is -0.121. The largest absolute Gasteiger partial charge is 0.497 e. The third kappa shape index (κ3) is 4.64. The van der Waals surface area contributed by atoms with Crippen LogP contribution in [0.1, 0.15) is 40.1 Å². The van der Waals surface area contributed by atoms with Gasteiger partial charge in [0.05, 0.1) is 25.1 Å². The number of nitrogens with one attached hydrogen (secondary N) is 1. The first-order valence-corrected chi connectivity index (χ1v) is 11.1. The summed E-state index contributed by atoms with van der Waals surface area (Å²) in [6.07, 6.45) is 0.146. The minimum Gasteiger partial charge on any atom is -0.497 e. The lowest BCUT2D eigenvalue weighted by Gasteiger charge is -2.14. The van der Waals surface area contributed by atoms with Crippen molar-refractivity contribution >= 4 is 34.3 Å². The van der Waals surface area contributed by atoms with Gasteiger partial charge in [-0.25, -0.2) is 0 Å². The summed E-state index contributed by atoms with van der Waals surface area (Å²) in [5.74, 6) is 0.372. The average molecular weight is 461 g/mol. The van der Waals surface area contributed by atoms with Crippen LogP contribution in [0.25, 0.3) is 10.9 Å². The molecule has 1 heterocycles. The number of methoxy groups -OCH3 is 1. The van der Waals surface area contributed by atoms with Crippen molar-refractivity contribution < 1.29 is 14.3 Å². The molecule has 1 aromatic heterocycles. The van der Waals surface area contributed by atoms with Gasteiger partial charge in [0.15, 0.2) is 0 Å². The Morgan fingerprint density at radius 2 is 1.73 bits per heavy atom. The molecule has 0 saturated carbocycles. The number of nitrogens with zero attached hydrogens (tertiary/aromatic N) is 1. The summed E-state index contributed by atoms with van der Waals surface area (Å²) in [6, 6.07) is 22.0. The van der Waals surface area contributed by atoms with Crippen molar-refractivity contribution in [1.82, 2.24) is 9.88 Å².